The lowest BCUT2D eigenvalue weighted by Crippen LogP contribution is -2.33. The highest BCUT2D eigenvalue weighted by Crippen LogP contribution is 2.17. The number of benzene rings is 1. The Morgan fingerprint density at radius 3 is 2.15 bits per heavy atom. The van der Waals surface area contributed by atoms with Gasteiger partial charge in [0.05, 0.1) is 11.0 Å². The van der Waals surface area contributed by atoms with Gasteiger partial charge in [0.2, 0.25) is 10.0 Å². The van der Waals surface area contributed by atoms with E-state index in [1.165, 1.54) is 12.1 Å². The normalized spacial score (nSPS) is 16.6. The topological polar surface area (TPSA) is 66.4 Å². The lowest BCUT2D eigenvalue weighted by molar-refractivity contribution is 0.199. The van der Waals surface area contributed by atoms with Crippen molar-refractivity contribution in [2.45, 2.75) is 57.6 Å². The summed E-state index contributed by atoms with van der Waals surface area (Å²) in [6.07, 6.45) is 1.26. The SMILES string of the molecule is CCC(C)CC(C)NS(=O)(=O)c1ccc(C(C)O)cc1. The molecule has 0 saturated carbocycles. The van der Waals surface area contributed by atoms with Gasteiger partial charge in [-0.15, -0.1) is 0 Å². The Morgan fingerprint density at radius 1 is 1.15 bits per heavy atom. The highest BCUT2D eigenvalue weighted by atomic mass is 32.2. The minimum Gasteiger partial charge on any atom is -0.389 e. The molecule has 0 fully saturated rings. The van der Waals surface area contributed by atoms with Gasteiger partial charge in [-0.25, -0.2) is 13.1 Å². The van der Waals surface area contributed by atoms with E-state index >= 15 is 0 Å². The average molecular weight is 299 g/mol. The molecule has 3 atom stereocenters. The van der Waals surface area contributed by atoms with E-state index < -0.39 is 16.1 Å². The van der Waals surface area contributed by atoms with Crippen molar-refractivity contribution < 1.29 is 13.5 Å². The molecule has 1 rings (SSSR count). The molecule has 0 aromatic heterocycles. The molecule has 1 aromatic rings. The second-order valence-corrected chi connectivity index (χ2v) is 7.23. The van der Waals surface area contributed by atoms with E-state index in [1.807, 2.05) is 6.92 Å². The van der Waals surface area contributed by atoms with Crippen molar-refractivity contribution in [1.29, 1.82) is 0 Å². The van der Waals surface area contributed by atoms with Crippen LogP contribution in [0, 0.1) is 5.92 Å². The minimum atomic E-state index is -3.49. The van der Waals surface area contributed by atoms with Crippen LogP contribution in [0.25, 0.3) is 0 Å². The third-order valence-electron chi connectivity index (χ3n) is 3.48. The fourth-order valence-corrected chi connectivity index (χ4v) is 3.33. The van der Waals surface area contributed by atoms with Crippen LogP contribution >= 0.6 is 0 Å². The van der Waals surface area contributed by atoms with Gasteiger partial charge in [-0.3, -0.25) is 0 Å². The van der Waals surface area contributed by atoms with Gasteiger partial charge in [-0.1, -0.05) is 32.4 Å². The molecule has 0 saturated heterocycles. The van der Waals surface area contributed by atoms with E-state index in [9.17, 15) is 13.5 Å². The lowest BCUT2D eigenvalue weighted by Gasteiger charge is -2.17. The molecule has 1 aromatic carbocycles. The fraction of sp³-hybridized carbons (Fsp3) is 0.600. The van der Waals surface area contributed by atoms with Gasteiger partial charge in [0.15, 0.2) is 0 Å². The molecule has 20 heavy (non-hydrogen) atoms. The maximum atomic E-state index is 12.2. The first-order chi connectivity index (χ1) is 9.26. The third-order valence-corrected chi connectivity index (χ3v) is 5.09. The second-order valence-electron chi connectivity index (χ2n) is 5.52. The molecule has 0 amide bonds. The van der Waals surface area contributed by atoms with Crippen LogP contribution in [0.3, 0.4) is 0 Å². The molecule has 0 spiro atoms. The zero-order valence-corrected chi connectivity index (χ0v) is 13.4. The van der Waals surface area contributed by atoms with Gasteiger partial charge in [0.1, 0.15) is 0 Å². The van der Waals surface area contributed by atoms with E-state index in [1.54, 1.807) is 19.1 Å². The summed E-state index contributed by atoms with van der Waals surface area (Å²) < 4.78 is 27.1. The van der Waals surface area contributed by atoms with Crippen molar-refractivity contribution in [3.8, 4) is 0 Å². The van der Waals surface area contributed by atoms with Crippen LogP contribution in [0.4, 0.5) is 0 Å². The highest BCUT2D eigenvalue weighted by Gasteiger charge is 2.18. The van der Waals surface area contributed by atoms with Gasteiger partial charge in [0.25, 0.3) is 0 Å². The van der Waals surface area contributed by atoms with E-state index in [0.717, 1.165) is 12.8 Å². The standard InChI is InChI=1S/C15H25NO3S/c1-5-11(2)10-12(3)16-20(18,19)15-8-6-14(7-9-15)13(4)17/h6-9,11-13,16-17H,5,10H2,1-4H3. The van der Waals surface area contributed by atoms with Crippen LogP contribution < -0.4 is 4.72 Å². The van der Waals surface area contributed by atoms with E-state index in [0.29, 0.717) is 11.5 Å². The zero-order valence-electron chi connectivity index (χ0n) is 12.6. The maximum Gasteiger partial charge on any atom is 0.240 e. The molecule has 0 heterocycles. The number of rotatable bonds is 7. The summed E-state index contributed by atoms with van der Waals surface area (Å²) in [6, 6.07) is 6.24. The minimum absolute atomic E-state index is 0.0913. The highest BCUT2D eigenvalue weighted by molar-refractivity contribution is 7.89. The molecule has 3 unspecified atom stereocenters. The molecule has 114 valence electrons. The quantitative estimate of drug-likeness (QED) is 0.813. The Kier molecular flexibility index (Phi) is 6.17. The maximum absolute atomic E-state index is 12.2. The number of nitrogens with one attached hydrogen (secondary N) is 1. The molecular formula is C15H25NO3S. The van der Waals surface area contributed by atoms with Gasteiger partial charge in [-0.2, -0.15) is 0 Å². The summed E-state index contributed by atoms with van der Waals surface area (Å²) in [5.41, 5.74) is 0.705. The first-order valence-corrected chi connectivity index (χ1v) is 8.55. The fourth-order valence-electron chi connectivity index (χ4n) is 2.08. The summed E-state index contributed by atoms with van der Waals surface area (Å²) >= 11 is 0. The van der Waals surface area contributed by atoms with E-state index in [-0.39, 0.29) is 10.9 Å². The van der Waals surface area contributed by atoms with Crippen LogP contribution in [0.5, 0.6) is 0 Å². The zero-order chi connectivity index (χ0) is 15.3. The number of aliphatic hydroxyl groups is 1. The van der Waals surface area contributed by atoms with Gasteiger partial charge in [-0.05, 0) is 43.9 Å². The molecular weight excluding hydrogens is 274 g/mol. The van der Waals surface area contributed by atoms with Gasteiger partial charge < -0.3 is 5.11 Å². The Balaban J connectivity index is 2.78. The molecule has 4 nitrogen and oxygen atoms in total. The lowest BCUT2D eigenvalue weighted by atomic mass is 10.0. The number of sulfonamides is 1. The van der Waals surface area contributed by atoms with Crippen molar-refractivity contribution in [3.05, 3.63) is 29.8 Å². The first kappa shape index (κ1) is 17.1. The summed E-state index contributed by atoms with van der Waals surface area (Å²) in [5.74, 6) is 0.491. The monoisotopic (exact) mass is 299 g/mol. The summed E-state index contributed by atoms with van der Waals surface area (Å²) in [7, 11) is -3.49. The molecule has 0 aliphatic rings. The van der Waals surface area contributed by atoms with E-state index in [2.05, 4.69) is 18.6 Å². The number of hydrogen-bond donors (Lipinski definition) is 2. The van der Waals surface area contributed by atoms with Crippen molar-refractivity contribution >= 4 is 10.0 Å². The molecule has 0 bridgehead atoms. The first-order valence-electron chi connectivity index (χ1n) is 7.06. The van der Waals surface area contributed by atoms with Crippen LogP contribution in [0.1, 0.15) is 52.2 Å². The predicted molar refractivity (Wildman–Crippen MR) is 80.9 cm³/mol. The van der Waals surface area contributed by atoms with Gasteiger partial charge >= 0.3 is 0 Å². The number of aliphatic hydroxyl groups excluding tert-OH is 1. The predicted octanol–water partition coefficient (Wildman–Crippen LogP) is 2.84. The third kappa shape index (κ3) is 4.89. The molecule has 0 aliphatic carbocycles. The Morgan fingerprint density at radius 2 is 1.70 bits per heavy atom. The van der Waals surface area contributed by atoms with E-state index in [4.69, 9.17) is 0 Å². The summed E-state index contributed by atoms with van der Waals surface area (Å²) in [5, 5.41) is 9.42. The number of hydrogen-bond acceptors (Lipinski definition) is 3. The van der Waals surface area contributed by atoms with Gasteiger partial charge in [0, 0.05) is 6.04 Å². The van der Waals surface area contributed by atoms with Crippen LogP contribution in [0.15, 0.2) is 29.2 Å². The molecule has 0 aliphatic heterocycles. The summed E-state index contributed by atoms with van der Waals surface area (Å²) in [4.78, 5) is 0.234. The second kappa shape index (κ2) is 7.20. The molecule has 2 N–H and O–H groups in total. The largest absolute Gasteiger partial charge is 0.389 e. The van der Waals surface area contributed by atoms with Crippen LogP contribution in [-0.4, -0.2) is 19.6 Å². The van der Waals surface area contributed by atoms with Crippen molar-refractivity contribution in [3.63, 3.8) is 0 Å². The summed E-state index contributed by atoms with van der Waals surface area (Å²) in [6.45, 7) is 7.74. The Bertz CT molecular complexity index is 508. The average Bonchev–Trinajstić information content (AvgIpc) is 2.37. The van der Waals surface area contributed by atoms with Crippen molar-refractivity contribution in [2.75, 3.05) is 0 Å². The van der Waals surface area contributed by atoms with Crippen LogP contribution in [-0.2, 0) is 10.0 Å². The smallest absolute Gasteiger partial charge is 0.240 e. The van der Waals surface area contributed by atoms with Crippen molar-refractivity contribution in [1.82, 2.24) is 4.72 Å². The Hall–Kier alpha value is -0.910. The Labute approximate surface area is 122 Å². The van der Waals surface area contributed by atoms with Crippen LogP contribution in [0.2, 0.25) is 0 Å². The molecule has 0 radical (unpaired) electrons. The van der Waals surface area contributed by atoms with Crippen molar-refractivity contribution in [2.24, 2.45) is 5.92 Å². The molecule has 5 heteroatoms.